The van der Waals surface area contributed by atoms with Crippen LogP contribution in [0, 0.1) is 10.1 Å². The lowest BCUT2D eigenvalue weighted by atomic mass is 10.1. The van der Waals surface area contributed by atoms with Crippen LogP contribution in [-0.4, -0.2) is 32.6 Å². The number of methoxy groups -OCH3 is 1. The molecule has 0 atom stereocenters. The van der Waals surface area contributed by atoms with Gasteiger partial charge in [-0.25, -0.2) is 8.42 Å². The number of hydrogen-bond donors (Lipinski definition) is 1. The summed E-state index contributed by atoms with van der Waals surface area (Å²) in [4.78, 5) is 22.6. The van der Waals surface area contributed by atoms with Crippen molar-refractivity contribution in [3.05, 3.63) is 58.1 Å². The molecule has 0 aromatic heterocycles. The molecule has 0 radical (unpaired) electrons. The first-order valence-corrected chi connectivity index (χ1v) is 9.01. The number of benzene rings is 2. The zero-order valence-electron chi connectivity index (χ0n) is 13.6. The number of rotatable bonds is 6. The largest absolute Gasteiger partial charge is 0.495 e. The number of ether oxygens (including phenoxy) is 1. The molecule has 0 unspecified atom stereocenters. The summed E-state index contributed by atoms with van der Waals surface area (Å²) in [6.45, 7) is 0. The predicted molar refractivity (Wildman–Crippen MR) is 91.5 cm³/mol. The highest BCUT2D eigenvalue weighted by Gasteiger charge is 2.14. The Kier molecular flexibility index (Phi) is 5.38. The highest BCUT2D eigenvalue weighted by Crippen LogP contribution is 2.29. The molecule has 0 heterocycles. The number of sulfone groups is 1. The molecule has 9 heteroatoms. The van der Waals surface area contributed by atoms with E-state index in [2.05, 4.69) is 5.32 Å². The minimum absolute atomic E-state index is 0.0180. The molecule has 0 spiro atoms. The molecule has 2 aromatic rings. The Morgan fingerprint density at radius 1 is 1.20 bits per heavy atom. The Morgan fingerprint density at radius 3 is 2.36 bits per heavy atom. The van der Waals surface area contributed by atoms with Crippen molar-refractivity contribution in [2.45, 2.75) is 11.3 Å². The average molecular weight is 364 g/mol. The van der Waals surface area contributed by atoms with E-state index in [0.29, 0.717) is 11.3 Å². The maximum Gasteiger partial charge on any atom is 0.271 e. The van der Waals surface area contributed by atoms with E-state index in [-0.39, 0.29) is 22.7 Å². The lowest BCUT2D eigenvalue weighted by Crippen LogP contribution is -2.15. The standard InChI is InChI=1S/C16H16N2O6S/c1-24-15-8-5-12(18(20)21)10-14(15)17-16(19)9-11-3-6-13(7-4-11)25(2,22)23/h3-8,10H,9H2,1-2H3,(H,17,19). The summed E-state index contributed by atoms with van der Waals surface area (Å²) < 4.78 is 27.9. The first kappa shape index (κ1) is 18.4. The summed E-state index contributed by atoms with van der Waals surface area (Å²) in [5.41, 5.74) is 0.623. The minimum atomic E-state index is -3.30. The molecule has 8 nitrogen and oxygen atoms in total. The van der Waals surface area contributed by atoms with Crippen LogP contribution in [0.25, 0.3) is 0 Å². The number of carbonyl (C=O) groups excluding carboxylic acids is 1. The molecule has 0 saturated heterocycles. The van der Waals surface area contributed by atoms with Crippen molar-refractivity contribution in [1.82, 2.24) is 0 Å². The van der Waals surface area contributed by atoms with Crippen LogP contribution in [0.1, 0.15) is 5.56 Å². The van der Waals surface area contributed by atoms with Gasteiger partial charge in [0, 0.05) is 18.4 Å². The summed E-state index contributed by atoms with van der Waals surface area (Å²) in [6.07, 6.45) is 1.08. The van der Waals surface area contributed by atoms with Crippen molar-refractivity contribution in [2.24, 2.45) is 0 Å². The number of nitro benzene ring substituents is 1. The SMILES string of the molecule is COc1ccc([N+](=O)[O-])cc1NC(=O)Cc1ccc(S(C)(=O)=O)cc1. The normalized spacial score (nSPS) is 11.0. The second-order valence-electron chi connectivity index (χ2n) is 5.28. The zero-order chi connectivity index (χ0) is 18.6. The van der Waals surface area contributed by atoms with Gasteiger partial charge in [0.1, 0.15) is 5.75 Å². The molecule has 1 amide bonds. The monoisotopic (exact) mass is 364 g/mol. The van der Waals surface area contributed by atoms with Crippen LogP contribution in [0.2, 0.25) is 0 Å². The van der Waals surface area contributed by atoms with Gasteiger partial charge in [-0.05, 0) is 23.8 Å². The number of hydrogen-bond acceptors (Lipinski definition) is 6. The third kappa shape index (κ3) is 4.77. The molecule has 2 rings (SSSR count). The van der Waals surface area contributed by atoms with E-state index in [4.69, 9.17) is 4.74 Å². The number of nitrogens with one attached hydrogen (secondary N) is 1. The number of anilines is 1. The number of amides is 1. The third-order valence-corrected chi connectivity index (χ3v) is 4.51. The van der Waals surface area contributed by atoms with E-state index in [1.54, 1.807) is 12.1 Å². The van der Waals surface area contributed by atoms with Crippen molar-refractivity contribution in [3.8, 4) is 5.75 Å². The van der Waals surface area contributed by atoms with Crippen molar-refractivity contribution < 1.29 is 22.9 Å². The summed E-state index contributed by atoms with van der Waals surface area (Å²) in [5, 5.41) is 13.4. The molecule has 132 valence electrons. The number of carbonyl (C=O) groups is 1. The van der Waals surface area contributed by atoms with Gasteiger partial charge in [-0.3, -0.25) is 14.9 Å². The second-order valence-corrected chi connectivity index (χ2v) is 7.30. The fourth-order valence-electron chi connectivity index (χ4n) is 2.14. The van der Waals surface area contributed by atoms with Gasteiger partial charge in [-0.2, -0.15) is 0 Å². The molecule has 1 N–H and O–H groups in total. The lowest BCUT2D eigenvalue weighted by Gasteiger charge is -2.10. The van der Waals surface area contributed by atoms with E-state index >= 15 is 0 Å². The van der Waals surface area contributed by atoms with Gasteiger partial charge in [0.15, 0.2) is 9.84 Å². The van der Waals surface area contributed by atoms with Crippen LogP contribution in [0.5, 0.6) is 5.75 Å². The Bertz CT molecular complexity index is 907. The van der Waals surface area contributed by atoms with Gasteiger partial charge < -0.3 is 10.1 Å². The Balaban J connectivity index is 2.15. The smallest absolute Gasteiger partial charge is 0.271 e. The molecule has 0 aliphatic carbocycles. The molecule has 0 aliphatic rings. The Labute approximate surface area is 144 Å². The third-order valence-electron chi connectivity index (χ3n) is 3.38. The van der Waals surface area contributed by atoms with Crippen molar-refractivity contribution >= 4 is 27.1 Å². The zero-order valence-corrected chi connectivity index (χ0v) is 14.4. The molecule has 0 bridgehead atoms. The quantitative estimate of drug-likeness (QED) is 0.620. The second kappa shape index (κ2) is 7.31. The first-order valence-electron chi connectivity index (χ1n) is 7.12. The van der Waals surface area contributed by atoms with E-state index in [0.717, 1.165) is 6.26 Å². The lowest BCUT2D eigenvalue weighted by molar-refractivity contribution is -0.384. The number of non-ortho nitro benzene ring substituents is 1. The van der Waals surface area contributed by atoms with Crippen LogP contribution >= 0.6 is 0 Å². The van der Waals surface area contributed by atoms with Crippen LogP contribution in [0.15, 0.2) is 47.4 Å². The van der Waals surface area contributed by atoms with Crippen LogP contribution in [-0.2, 0) is 21.1 Å². The summed E-state index contributed by atoms with van der Waals surface area (Å²) in [6, 6.07) is 9.82. The van der Waals surface area contributed by atoms with Gasteiger partial charge in [0.2, 0.25) is 5.91 Å². The van der Waals surface area contributed by atoms with E-state index in [9.17, 15) is 23.3 Å². The average Bonchev–Trinajstić information content (AvgIpc) is 2.54. The van der Waals surface area contributed by atoms with E-state index in [1.807, 2.05) is 0 Å². The Hall–Kier alpha value is -2.94. The van der Waals surface area contributed by atoms with E-state index < -0.39 is 20.7 Å². The van der Waals surface area contributed by atoms with Crippen molar-refractivity contribution in [1.29, 1.82) is 0 Å². The Morgan fingerprint density at radius 2 is 1.84 bits per heavy atom. The summed E-state index contributed by atoms with van der Waals surface area (Å²) >= 11 is 0. The molecule has 0 aliphatic heterocycles. The topological polar surface area (TPSA) is 116 Å². The van der Waals surface area contributed by atoms with Crippen LogP contribution in [0.3, 0.4) is 0 Å². The predicted octanol–water partition coefficient (Wildman–Crippen LogP) is 2.19. The number of nitro groups is 1. The van der Waals surface area contributed by atoms with Gasteiger partial charge in [0.25, 0.3) is 5.69 Å². The van der Waals surface area contributed by atoms with Gasteiger partial charge >= 0.3 is 0 Å². The first-order chi connectivity index (χ1) is 11.7. The van der Waals surface area contributed by atoms with Gasteiger partial charge in [0.05, 0.1) is 29.0 Å². The molecular formula is C16H16N2O6S. The molecule has 25 heavy (non-hydrogen) atoms. The fraction of sp³-hybridized carbons (Fsp3) is 0.188. The van der Waals surface area contributed by atoms with Crippen molar-refractivity contribution in [2.75, 3.05) is 18.7 Å². The highest BCUT2D eigenvalue weighted by atomic mass is 32.2. The molecule has 2 aromatic carbocycles. The van der Waals surface area contributed by atoms with Gasteiger partial charge in [-0.1, -0.05) is 12.1 Å². The summed E-state index contributed by atoms with van der Waals surface area (Å²) in [5.74, 6) is -0.114. The summed E-state index contributed by atoms with van der Waals surface area (Å²) in [7, 11) is -1.91. The van der Waals surface area contributed by atoms with Crippen LogP contribution < -0.4 is 10.1 Å². The van der Waals surface area contributed by atoms with E-state index in [1.165, 1.54) is 37.4 Å². The fourth-order valence-corrected chi connectivity index (χ4v) is 2.77. The van der Waals surface area contributed by atoms with Crippen LogP contribution in [0.4, 0.5) is 11.4 Å². The maximum atomic E-state index is 12.2. The maximum absolute atomic E-state index is 12.2. The molecular weight excluding hydrogens is 348 g/mol. The number of nitrogens with zero attached hydrogens (tertiary/aromatic N) is 1. The molecule has 0 saturated carbocycles. The van der Waals surface area contributed by atoms with Gasteiger partial charge in [-0.15, -0.1) is 0 Å². The van der Waals surface area contributed by atoms with Crippen molar-refractivity contribution in [3.63, 3.8) is 0 Å². The highest BCUT2D eigenvalue weighted by molar-refractivity contribution is 7.90. The minimum Gasteiger partial charge on any atom is -0.495 e. The molecule has 0 fully saturated rings.